The normalized spacial score (nSPS) is 12.9. The van der Waals surface area contributed by atoms with E-state index in [0.717, 1.165) is 17.7 Å². The van der Waals surface area contributed by atoms with Crippen molar-refractivity contribution in [2.24, 2.45) is 0 Å². The van der Waals surface area contributed by atoms with Crippen molar-refractivity contribution < 1.29 is 22.4 Å². The van der Waals surface area contributed by atoms with E-state index in [2.05, 4.69) is 5.32 Å². The van der Waals surface area contributed by atoms with Gasteiger partial charge in [0.2, 0.25) is 5.91 Å². The number of hydrogen-bond donors (Lipinski definition) is 1. The number of carbonyl (C=O) groups excluding carboxylic acids is 1. The minimum atomic E-state index is -4.40. The Labute approximate surface area is 149 Å². The molecular formula is C19H20F4N2O. The number of nitrogens with zero attached hydrogens (tertiary/aromatic N) is 1. The fraction of sp³-hybridized carbons (Fsp3) is 0.316. The smallest absolute Gasteiger partial charge is 0.354 e. The van der Waals surface area contributed by atoms with E-state index in [4.69, 9.17) is 0 Å². The second-order valence-electron chi connectivity index (χ2n) is 6.21. The fourth-order valence-corrected chi connectivity index (χ4v) is 2.58. The summed E-state index contributed by atoms with van der Waals surface area (Å²) in [6.07, 6.45) is -4.42. The van der Waals surface area contributed by atoms with Crippen molar-refractivity contribution in [1.29, 1.82) is 0 Å². The standard InChI is InChI=1S/C19H20F4N2O/c1-25(2)17(14-4-3-5-16(20)11-14)12-24-18(26)10-13-6-8-15(9-7-13)19(21,22)23/h3-9,11,17H,10,12H2,1-2H3,(H,24,26). The Morgan fingerprint density at radius 2 is 1.77 bits per heavy atom. The largest absolute Gasteiger partial charge is 0.416 e. The summed E-state index contributed by atoms with van der Waals surface area (Å²) >= 11 is 0. The van der Waals surface area contributed by atoms with Gasteiger partial charge in [0.05, 0.1) is 18.0 Å². The molecule has 0 spiro atoms. The Morgan fingerprint density at radius 3 is 2.31 bits per heavy atom. The van der Waals surface area contributed by atoms with Crippen LogP contribution in [0.25, 0.3) is 0 Å². The molecule has 1 amide bonds. The molecule has 1 N–H and O–H groups in total. The van der Waals surface area contributed by atoms with E-state index in [-0.39, 0.29) is 30.7 Å². The van der Waals surface area contributed by atoms with Crippen LogP contribution in [0.15, 0.2) is 48.5 Å². The minimum absolute atomic E-state index is 0.0264. The predicted octanol–water partition coefficient (Wildman–Crippen LogP) is 3.81. The molecule has 2 aromatic carbocycles. The number of hydrogen-bond acceptors (Lipinski definition) is 2. The molecule has 7 heteroatoms. The van der Waals surface area contributed by atoms with Gasteiger partial charge < -0.3 is 10.2 Å². The lowest BCUT2D eigenvalue weighted by molar-refractivity contribution is -0.137. The van der Waals surface area contributed by atoms with E-state index in [1.807, 2.05) is 19.0 Å². The number of likely N-dealkylation sites (N-methyl/N-ethyl adjacent to an activating group) is 1. The van der Waals surface area contributed by atoms with Crippen LogP contribution in [-0.2, 0) is 17.4 Å². The number of carbonyl (C=O) groups is 1. The zero-order chi connectivity index (χ0) is 19.3. The van der Waals surface area contributed by atoms with Crippen molar-refractivity contribution in [2.75, 3.05) is 20.6 Å². The van der Waals surface area contributed by atoms with Gasteiger partial charge >= 0.3 is 6.18 Å². The Balaban J connectivity index is 1.96. The summed E-state index contributed by atoms with van der Waals surface area (Å²) in [7, 11) is 3.63. The van der Waals surface area contributed by atoms with Gasteiger partial charge in [-0.15, -0.1) is 0 Å². The highest BCUT2D eigenvalue weighted by Gasteiger charge is 2.30. The molecule has 0 aliphatic carbocycles. The quantitative estimate of drug-likeness (QED) is 0.787. The first-order chi connectivity index (χ1) is 12.2. The van der Waals surface area contributed by atoms with E-state index in [0.29, 0.717) is 5.56 Å². The molecule has 0 bridgehead atoms. The van der Waals surface area contributed by atoms with Crippen LogP contribution >= 0.6 is 0 Å². The lowest BCUT2D eigenvalue weighted by Gasteiger charge is -2.25. The third-order valence-corrected chi connectivity index (χ3v) is 4.00. The number of benzene rings is 2. The van der Waals surface area contributed by atoms with Crippen molar-refractivity contribution in [3.8, 4) is 0 Å². The molecule has 0 aromatic heterocycles. The first kappa shape index (κ1) is 19.9. The number of alkyl halides is 3. The molecule has 0 aliphatic heterocycles. The van der Waals surface area contributed by atoms with Crippen LogP contribution in [0.3, 0.4) is 0 Å². The summed E-state index contributed by atoms with van der Waals surface area (Å²) in [5.41, 5.74) is 0.466. The van der Waals surface area contributed by atoms with Crippen molar-refractivity contribution in [2.45, 2.75) is 18.6 Å². The van der Waals surface area contributed by atoms with Crippen LogP contribution in [0.1, 0.15) is 22.7 Å². The maximum absolute atomic E-state index is 13.4. The van der Waals surface area contributed by atoms with Gasteiger partial charge in [0.25, 0.3) is 0 Å². The molecule has 140 valence electrons. The zero-order valence-corrected chi connectivity index (χ0v) is 14.5. The summed E-state index contributed by atoms with van der Waals surface area (Å²) in [6.45, 7) is 0.260. The second kappa shape index (κ2) is 8.31. The lowest BCUT2D eigenvalue weighted by Crippen LogP contribution is -2.35. The topological polar surface area (TPSA) is 32.3 Å². The first-order valence-electron chi connectivity index (χ1n) is 8.01. The molecule has 2 rings (SSSR count). The van der Waals surface area contributed by atoms with E-state index in [1.54, 1.807) is 12.1 Å². The highest BCUT2D eigenvalue weighted by Crippen LogP contribution is 2.29. The van der Waals surface area contributed by atoms with Crippen LogP contribution in [-0.4, -0.2) is 31.4 Å². The van der Waals surface area contributed by atoms with E-state index < -0.39 is 11.7 Å². The van der Waals surface area contributed by atoms with Crippen LogP contribution in [0, 0.1) is 5.82 Å². The summed E-state index contributed by atoms with van der Waals surface area (Å²) < 4.78 is 51.0. The van der Waals surface area contributed by atoms with Crippen molar-refractivity contribution in [3.05, 3.63) is 71.0 Å². The molecule has 0 saturated heterocycles. The van der Waals surface area contributed by atoms with Gasteiger partial charge in [0.1, 0.15) is 5.82 Å². The molecule has 0 saturated carbocycles. The minimum Gasteiger partial charge on any atom is -0.354 e. The Bertz CT molecular complexity index is 742. The Morgan fingerprint density at radius 1 is 1.12 bits per heavy atom. The van der Waals surface area contributed by atoms with Crippen molar-refractivity contribution in [3.63, 3.8) is 0 Å². The summed E-state index contributed by atoms with van der Waals surface area (Å²) in [5.74, 6) is -0.668. The third kappa shape index (κ3) is 5.56. The molecule has 2 aromatic rings. The van der Waals surface area contributed by atoms with Crippen LogP contribution in [0.2, 0.25) is 0 Å². The van der Waals surface area contributed by atoms with E-state index >= 15 is 0 Å². The van der Waals surface area contributed by atoms with E-state index in [9.17, 15) is 22.4 Å². The third-order valence-electron chi connectivity index (χ3n) is 4.00. The summed E-state index contributed by atoms with van der Waals surface area (Å²) in [6, 6.07) is 10.4. The van der Waals surface area contributed by atoms with Gasteiger partial charge in [0.15, 0.2) is 0 Å². The molecule has 0 radical (unpaired) electrons. The number of rotatable bonds is 6. The van der Waals surface area contributed by atoms with Gasteiger partial charge in [-0.2, -0.15) is 13.2 Å². The summed E-state index contributed by atoms with van der Waals surface area (Å²) in [4.78, 5) is 13.9. The second-order valence-corrected chi connectivity index (χ2v) is 6.21. The maximum atomic E-state index is 13.4. The maximum Gasteiger partial charge on any atom is 0.416 e. The first-order valence-corrected chi connectivity index (χ1v) is 8.01. The highest BCUT2D eigenvalue weighted by molar-refractivity contribution is 5.78. The van der Waals surface area contributed by atoms with Gasteiger partial charge in [-0.3, -0.25) is 4.79 Å². The lowest BCUT2D eigenvalue weighted by atomic mass is 10.1. The van der Waals surface area contributed by atoms with Gasteiger partial charge in [-0.05, 0) is 49.5 Å². The predicted molar refractivity (Wildman–Crippen MR) is 91.0 cm³/mol. The van der Waals surface area contributed by atoms with Gasteiger partial charge in [-0.1, -0.05) is 24.3 Å². The Hall–Kier alpha value is -2.41. The summed E-state index contributed by atoms with van der Waals surface area (Å²) in [5, 5.41) is 2.75. The number of halogens is 4. The van der Waals surface area contributed by atoms with Crippen LogP contribution in [0.5, 0.6) is 0 Å². The van der Waals surface area contributed by atoms with Gasteiger partial charge in [-0.25, -0.2) is 4.39 Å². The fourth-order valence-electron chi connectivity index (χ4n) is 2.58. The average molecular weight is 368 g/mol. The van der Waals surface area contributed by atoms with Crippen LogP contribution < -0.4 is 5.32 Å². The van der Waals surface area contributed by atoms with Crippen molar-refractivity contribution in [1.82, 2.24) is 10.2 Å². The average Bonchev–Trinajstić information content (AvgIpc) is 2.54. The van der Waals surface area contributed by atoms with Crippen LogP contribution in [0.4, 0.5) is 17.6 Å². The molecule has 3 nitrogen and oxygen atoms in total. The molecular weight excluding hydrogens is 348 g/mol. The number of amides is 1. The molecule has 1 atom stereocenters. The molecule has 1 unspecified atom stereocenters. The molecule has 0 heterocycles. The molecule has 0 aliphatic rings. The SMILES string of the molecule is CN(C)C(CNC(=O)Cc1ccc(C(F)(F)F)cc1)c1cccc(F)c1. The van der Waals surface area contributed by atoms with E-state index in [1.165, 1.54) is 24.3 Å². The van der Waals surface area contributed by atoms with Crippen molar-refractivity contribution >= 4 is 5.91 Å². The number of nitrogens with one attached hydrogen (secondary N) is 1. The molecule has 26 heavy (non-hydrogen) atoms. The highest BCUT2D eigenvalue weighted by atomic mass is 19.4. The monoisotopic (exact) mass is 368 g/mol. The Kier molecular flexibility index (Phi) is 6.37. The van der Waals surface area contributed by atoms with Gasteiger partial charge in [0, 0.05) is 6.54 Å². The molecule has 0 fully saturated rings. The zero-order valence-electron chi connectivity index (χ0n) is 14.5.